The molecular formula is C11H11BrN4. The number of aryl methyl sites for hydroxylation is 1. The van der Waals surface area contributed by atoms with E-state index < -0.39 is 0 Å². The maximum Gasteiger partial charge on any atom is 0.159 e. The Kier molecular flexibility index (Phi) is 2.28. The molecule has 82 valence electrons. The van der Waals surface area contributed by atoms with Crippen LogP contribution in [0.15, 0.2) is 22.7 Å². The van der Waals surface area contributed by atoms with E-state index in [0.717, 1.165) is 16.0 Å². The normalized spacial score (nSPS) is 15.4. The topological polar surface area (TPSA) is 43.6 Å². The van der Waals surface area contributed by atoms with Gasteiger partial charge in [-0.3, -0.25) is 0 Å². The SMILES string of the molecule is Cc1cc(Br)cc(-n2nnnc2C2CC2)c1. The highest BCUT2D eigenvalue weighted by Crippen LogP contribution is 2.39. The highest BCUT2D eigenvalue weighted by Gasteiger charge is 2.29. The summed E-state index contributed by atoms with van der Waals surface area (Å²) in [6, 6.07) is 6.20. The van der Waals surface area contributed by atoms with E-state index in [0.29, 0.717) is 5.92 Å². The molecule has 4 nitrogen and oxygen atoms in total. The molecule has 0 atom stereocenters. The van der Waals surface area contributed by atoms with E-state index in [4.69, 9.17) is 0 Å². The quantitative estimate of drug-likeness (QED) is 0.848. The average Bonchev–Trinajstić information content (AvgIpc) is 2.94. The number of halogens is 1. The highest BCUT2D eigenvalue weighted by atomic mass is 79.9. The number of nitrogens with zero attached hydrogens (tertiary/aromatic N) is 4. The van der Waals surface area contributed by atoms with E-state index in [1.165, 1.54) is 18.4 Å². The minimum absolute atomic E-state index is 0.550. The third kappa shape index (κ3) is 1.75. The zero-order valence-electron chi connectivity index (χ0n) is 8.89. The van der Waals surface area contributed by atoms with Crippen LogP contribution >= 0.6 is 15.9 Å². The van der Waals surface area contributed by atoms with E-state index in [2.05, 4.69) is 50.5 Å². The predicted molar refractivity (Wildman–Crippen MR) is 63.6 cm³/mol. The molecule has 5 heteroatoms. The summed E-state index contributed by atoms with van der Waals surface area (Å²) in [5.74, 6) is 1.53. The standard InChI is InChI=1S/C11H11BrN4/c1-7-4-9(12)6-10(5-7)16-11(8-2-3-8)13-14-15-16/h4-6,8H,2-3H2,1H3. The van der Waals surface area contributed by atoms with E-state index in [9.17, 15) is 0 Å². The molecule has 16 heavy (non-hydrogen) atoms. The summed E-state index contributed by atoms with van der Waals surface area (Å²) in [4.78, 5) is 0. The van der Waals surface area contributed by atoms with E-state index in [1.54, 1.807) is 0 Å². The minimum Gasteiger partial charge on any atom is -0.197 e. The molecule has 1 aliphatic carbocycles. The number of benzene rings is 1. The summed E-state index contributed by atoms with van der Waals surface area (Å²) < 4.78 is 2.90. The van der Waals surface area contributed by atoms with Crippen molar-refractivity contribution < 1.29 is 0 Å². The maximum atomic E-state index is 4.10. The lowest BCUT2D eigenvalue weighted by Crippen LogP contribution is -2.02. The fourth-order valence-corrected chi connectivity index (χ4v) is 2.41. The van der Waals surface area contributed by atoms with Gasteiger partial charge in [0.25, 0.3) is 0 Å². The van der Waals surface area contributed by atoms with Crippen molar-refractivity contribution in [2.75, 3.05) is 0 Å². The average molecular weight is 279 g/mol. The van der Waals surface area contributed by atoms with Gasteiger partial charge in [0.1, 0.15) is 0 Å². The summed E-state index contributed by atoms with van der Waals surface area (Å²) in [5.41, 5.74) is 2.22. The largest absolute Gasteiger partial charge is 0.197 e. The number of tetrazole rings is 1. The Morgan fingerprint density at radius 3 is 2.81 bits per heavy atom. The summed E-state index contributed by atoms with van der Waals surface area (Å²) >= 11 is 3.49. The fraction of sp³-hybridized carbons (Fsp3) is 0.364. The molecule has 1 saturated carbocycles. The van der Waals surface area contributed by atoms with Crippen LogP contribution < -0.4 is 0 Å². The van der Waals surface area contributed by atoms with Crippen LogP contribution in [0, 0.1) is 6.92 Å². The van der Waals surface area contributed by atoms with Crippen molar-refractivity contribution in [3.05, 3.63) is 34.1 Å². The molecule has 0 N–H and O–H groups in total. The third-order valence-corrected chi connectivity index (χ3v) is 3.17. The molecule has 0 amide bonds. The van der Waals surface area contributed by atoms with Gasteiger partial charge in [0.2, 0.25) is 0 Å². The maximum absolute atomic E-state index is 4.10. The summed E-state index contributed by atoms with van der Waals surface area (Å²) in [7, 11) is 0. The second-order valence-electron chi connectivity index (χ2n) is 4.21. The zero-order valence-corrected chi connectivity index (χ0v) is 10.5. The second-order valence-corrected chi connectivity index (χ2v) is 5.13. The molecule has 0 bridgehead atoms. The molecule has 0 spiro atoms. The Morgan fingerprint density at radius 1 is 1.31 bits per heavy atom. The zero-order chi connectivity index (χ0) is 11.1. The molecule has 0 radical (unpaired) electrons. The van der Waals surface area contributed by atoms with Crippen molar-refractivity contribution in [3.8, 4) is 5.69 Å². The van der Waals surface area contributed by atoms with E-state index in [1.807, 2.05) is 10.7 Å². The van der Waals surface area contributed by atoms with Gasteiger partial charge in [-0.2, -0.15) is 4.68 Å². The first-order chi connectivity index (χ1) is 7.74. The Hall–Kier alpha value is -1.23. The number of hydrogen-bond acceptors (Lipinski definition) is 3. The molecule has 0 aliphatic heterocycles. The monoisotopic (exact) mass is 278 g/mol. The third-order valence-electron chi connectivity index (χ3n) is 2.71. The number of aromatic nitrogens is 4. The van der Waals surface area contributed by atoms with Crippen LogP contribution in [0.2, 0.25) is 0 Å². The molecule has 1 aromatic carbocycles. The molecule has 1 aliphatic rings. The van der Waals surface area contributed by atoms with Crippen LogP contribution in [0.3, 0.4) is 0 Å². The molecule has 0 unspecified atom stereocenters. The van der Waals surface area contributed by atoms with Gasteiger partial charge in [0.05, 0.1) is 5.69 Å². The summed E-state index contributed by atoms with van der Waals surface area (Å²) in [5, 5.41) is 11.9. The Bertz CT molecular complexity index is 510. The van der Waals surface area contributed by atoms with Crippen LogP contribution in [0.4, 0.5) is 0 Å². The first-order valence-corrected chi connectivity index (χ1v) is 6.09. The number of hydrogen-bond donors (Lipinski definition) is 0. The molecule has 1 heterocycles. The molecule has 3 rings (SSSR count). The van der Waals surface area contributed by atoms with Gasteiger partial charge < -0.3 is 0 Å². The van der Waals surface area contributed by atoms with Crippen molar-refractivity contribution in [1.82, 2.24) is 20.2 Å². The van der Waals surface area contributed by atoms with Crippen LogP contribution in [-0.2, 0) is 0 Å². The first-order valence-electron chi connectivity index (χ1n) is 5.30. The Labute approximate surface area is 102 Å². The molecule has 0 saturated heterocycles. The second kappa shape index (κ2) is 3.66. The van der Waals surface area contributed by atoms with Crippen LogP contribution in [-0.4, -0.2) is 20.2 Å². The summed E-state index contributed by atoms with van der Waals surface area (Å²) in [6.07, 6.45) is 2.40. The summed E-state index contributed by atoms with van der Waals surface area (Å²) in [6.45, 7) is 2.06. The highest BCUT2D eigenvalue weighted by molar-refractivity contribution is 9.10. The van der Waals surface area contributed by atoms with Gasteiger partial charge in [-0.05, 0) is 54.0 Å². The molecule has 2 aromatic rings. The number of rotatable bonds is 2. The lowest BCUT2D eigenvalue weighted by molar-refractivity contribution is 0.762. The molecule has 1 aromatic heterocycles. The van der Waals surface area contributed by atoms with Crippen LogP contribution in [0.25, 0.3) is 5.69 Å². The lowest BCUT2D eigenvalue weighted by Gasteiger charge is -2.05. The fourth-order valence-electron chi connectivity index (χ4n) is 1.81. The van der Waals surface area contributed by atoms with Crippen LogP contribution in [0.1, 0.15) is 30.1 Å². The van der Waals surface area contributed by atoms with E-state index >= 15 is 0 Å². The van der Waals surface area contributed by atoms with E-state index in [-0.39, 0.29) is 0 Å². The Balaban J connectivity index is 2.10. The van der Waals surface area contributed by atoms with Gasteiger partial charge in [0, 0.05) is 10.4 Å². The van der Waals surface area contributed by atoms with Crippen LogP contribution in [0.5, 0.6) is 0 Å². The van der Waals surface area contributed by atoms with Gasteiger partial charge in [-0.1, -0.05) is 15.9 Å². The van der Waals surface area contributed by atoms with Crippen molar-refractivity contribution >= 4 is 15.9 Å². The van der Waals surface area contributed by atoms with Crippen molar-refractivity contribution in [2.45, 2.75) is 25.7 Å². The van der Waals surface area contributed by atoms with Crippen molar-refractivity contribution in [3.63, 3.8) is 0 Å². The van der Waals surface area contributed by atoms with Crippen molar-refractivity contribution in [2.24, 2.45) is 0 Å². The van der Waals surface area contributed by atoms with Gasteiger partial charge >= 0.3 is 0 Å². The predicted octanol–water partition coefficient (Wildman–Crippen LogP) is 2.61. The van der Waals surface area contributed by atoms with Crippen molar-refractivity contribution in [1.29, 1.82) is 0 Å². The van der Waals surface area contributed by atoms with Gasteiger partial charge in [0.15, 0.2) is 5.82 Å². The minimum atomic E-state index is 0.550. The van der Waals surface area contributed by atoms with Gasteiger partial charge in [-0.15, -0.1) is 5.10 Å². The van der Waals surface area contributed by atoms with Gasteiger partial charge in [-0.25, -0.2) is 0 Å². The lowest BCUT2D eigenvalue weighted by atomic mass is 10.2. The first kappa shape index (κ1) is 9.96. The smallest absolute Gasteiger partial charge is 0.159 e. The Morgan fingerprint density at radius 2 is 2.12 bits per heavy atom. The molecule has 1 fully saturated rings. The molecular weight excluding hydrogens is 268 g/mol.